The third-order valence-corrected chi connectivity index (χ3v) is 3.62. The van der Waals surface area contributed by atoms with E-state index in [0.717, 1.165) is 0 Å². The molecule has 1 unspecified atom stereocenters. The fourth-order valence-corrected chi connectivity index (χ4v) is 2.43. The van der Waals surface area contributed by atoms with Crippen LogP contribution in [0, 0.1) is 0 Å². The number of rotatable bonds is 2. The van der Waals surface area contributed by atoms with E-state index >= 15 is 0 Å². The van der Waals surface area contributed by atoms with Crippen molar-refractivity contribution in [1.82, 2.24) is 0 Å². The second-order valence-electron chi connectivity index (χ2n) is 4.98. The van der Waals surface area contributed by atoms with Gasteiger partial charge in [-0.25, -0.2) is 0 Å². The van der Waals surface area contributed by atoms with E-state index in [-0.39, 0.29) is 23.5 Å². The lowest BCUT2D eigenvalue weighted by Gasteiger charge is -2.26. The van der Waals surface area contributed by atoms with E-state index in [1.54, 1.807) is 31.4 Å². The molecule has 0 amide bonds. The molecule has 1 aliphatic heterocycles. The Labute approximate surface area is 126 Å². The van der Waals surface area contributed by atoms with E-state index in [4.69, 9.17) is 9.47 Å². The summed E-state index contributed by atoms with van der Waals surface area (Å²) in [5.41, 5.74) is 0.813. The molecule has 0 fully saturated rings. The van der Waals surface area contributed by atoms with Gasteiger partial charge in [-0.2, -0.15) is 0 Å². The summed E-state index contributed by atoms with van der Waals surface area (Å²) in [6, 6.07) is 8.05. The van der Waals surface area contributed by atoms with Gasteiger partial charge >= 0.3 is 0 Å². The van der Waals surface area contributed by atoms with Crippen LogP contribution in [0.5, 0.6) is 28.7 Å². The van der Waals surface area contributed by atoms with E-state index in [9.17, 15) is 20.1 Å². The third kappa shape index (κ3) is 2.18. The number of methoxy groups -OCH3 is 1. The number of aromatic hydroxyl groups is 3. The number of carbonyl (C=O) groups excluding carboxylic acids is 1. The summed E-state index contributed by atoms with van der Waals surface area (Å²) >= 11 is 0. The molecule has 6 heteroatoms. The predicted octanol–water partition coefficient (Wildman–Crippen LogP) is 2.06. The van der Waals surface area contributed by atoms with Crippen LogP contribution in [0.4, 0.5) is 0 Å². The molecular formula is C16H14O6. The molecule has 0 saturated carbocycles. The Morgan fingerprint density at radius 3 is 2.45 bits per heavy atom. The minimum atomic E-state index is -0.832. The van der Waals surface area contributed by atoms with E-state index < -0.39 is 23.4 Å². The Kier molecular flexibility index (Phi) is 3.29. The van der Waals surface area contributed by atoms with Crippen molar-refractivity contribution in [2.45, 2.75) is 12.5 Å². The molecular weight excluding hydrogens is 288 g/mol. The van der Waals surface area contributed by atoms with Crippen LogP contribution in [-0.4, -0.2) is 28.2 Å². The fourth-order valence-electron chi connectivity index (χ4n) is 2.43. The molecule has 2 aromatic carbocycles. The minimum Gasteiger partial charge on any atom is -0.504 e. The number of fused-ring (bicyclic) bond motifs is 1. The van der Waals surface area contributed by atoms with Crippen LogP contribution in [0.25, 0.3) is 0 Å². The molecule has 1 aliphatic rings. The van der Waals surface area contributed by atoms with E-state index in [2.05, 4.69) is 0 Å². The molecule has 3 N–H and O–H groups in total. The van der Waals surface area contributed by atoms with Gasteiger partial charge in [-0.15, -0.1) is 0 Å². The normalized spacial score (nSPS) is 16.8. The molecule has 1 heterocycles. The molecule has 0 radical (unpaired) electrons. The Bertz CT molecular complexity index is 735. The van der Waals surface area contributed by atoms with Gasteiger partial charge < -0.3 is 24.8 Å². The number of benzene rings is 2. The summed E-state index contributed by atoms with van der Waals surface area (Å²) in [7, 11) is 1.55. The number of ether oxygens (including phenoxy) is 2. The van der Waals surface area contributed by atoms with Gasteiger partial charge in [0.25, 0.3) is 0 Å². The lowest BCUT2D eigenvalue weighted by molar-refractivity contribution is -0.126. The van der Waals surface area contributed by atoms with Crippen LogP contribution in [0.1, 0.15) is 17.2 Å². The molecule has 0 spiro atoms. The smallest absolute Gasteiger partial charge is 0.200 e. The van der Waals surface area contributed by atoms with Crippen molar-refractivity contribution in [3.8, 4) is 28.7 Å². The third-order valence-electron chi connectivity index (χ3n) is 3.62. The first-order valence-electron chi connectivity index (χ1n) is 6.61. The van der Waals surface area contributed by atoms with Gasteiger partial charge in [-0.3, -0.25) is 4.79 Å². The molecule has 22 heavy (non-hydrogen) atoms. The number of hydrogen-bond acceptors (Lipinski definition) is 6. The van der Waals surface area contributed by atoms with E-state index in [1.165, 1.54) is 6.07 Å². The zero-order valence-corrected chi connectivity index (χ0v) is 11.7. The number of Topliss-reactive ketones (excluding diaryl/α,β-unsaturated/α-hetero) is 1. The van der Waals surface area contributed by atoms with E-state index in [1.807, 2.05) is 0 Å². The van der Waals surface area contributed by atoms with Crippen molar-refractivity contribution in [1.29, 1.82) is 0 Å². The van der Waals surface area contributed by atoms with Crippen LogP contribution in [0.15, 0.2) is 30.3 Å². The van der Waals surface area contributed by atoms with Crippen LogP contribution in [-0.2, 0) is 11.2 Å². The molecule has 2 aromatic rings. The highest BCUT2D eigenvalue weighted by molar-refractivity contribution is 5.90. The number of phenolic OH excluding ortho intramolecular Hbond substituents is 3. The van der Waals surface area contributed by atoms with Crippen LogP contribution >= 0.6 is 0 Å². The van der Waals surface area contributed by atoms with Crippen LogP contribution < -0.4 is 9.47 Å². The van der Waals surface area contributed by atoms with Gasteiger partial charge in [0.15, 0.2) is 23.4 Å². The second kappa shape index (κ2) is 5.14. The van der Waals surface area contributed by atoms with Gasteiger partial charge in [-0.05, 0) is 12.1 Å². The lowest BCUT2D eigenvalue weighted by atomic mass is 9.95. The SMILES string of the molecule is COc1ccc(C2Oc3cc(O)c(O)c(O)c3CC2=O)cc1. The van der Waals surface area contributed by atoms with Crippen molar-refractivity contribution < 1.29 is 29.6 Å². The Morgan fingerprint density at radius 1 is 1.14 bits per heavy atom. The molecule has 0 aromatic heterocycles. The summed E-state index contributed by atoms with van der Waals surface area (Å²) in [6.45, 7) is 0. The summed E-state index contributed by atoms with van der Waals surface area (Å²) in [5, 5.41) is 28.9. The maximum Gasteiger partial charge on any atom is 0.200 e. The monoisotopic (exact) mass is 302 g/mol. The number of phenols is 3. The van der Waals surface area contributed by atoms with Crippen molar-refractivity contribution in [2.24, 2.45) is 0 Å². The standard InChI is InChI=1S/C16H14O6/c1-21-9-4-2-8(3-5-9)16-12(18)6-10-13(22-16)7-11(17)15(20)14(10)19/h2-5,7,16-17,19-20H,6H2,1H3. The molecule has 6 nitrogen and oxygen atoms in total. The zero-order valence-electron chi connectivity index (χ0n) is 11.7. The molecule has 1 atom stereocenters. The Balaban J connectivity index is 1.98. The van der Waals surface area contributed by atoms with Gasteiger partial charge in [-0.1, -0.05) is 12.1 Å². The zero-order chi connectivity index (χ0) is 15.9. The molecule has 0 saturated heterocycles. The van der Waals surface area contributed by atoms with Crippen molar-refractivity contribution in [3.05, 3.63) is 41.5 Å². The van der Waals surface area contributed by atoms with Gasteiger partial charge in [0, 0.05) is 23.6 Å². The van der Waals surface area contributed by atoms with Crippen LogP contribution in [0.3, 0.4) is 0 Å². The number of hydrogen-bond donors (Lipinski definition) is 3. The first kappa shape index (κ1) is 14.1. The van der Waals surface area contributed by atoms with E-state index in [0.29, 0.717) is 11.3 Å². The average molecular weight is 302 g/mol. The minimum absolute atomic E-state index is 0.0916. The molecule has 0 bridgehead atoms. The largest absolute Gasteiger partial charge is 0.504 e. The number of carbonyl (C=O) groups is 1. The van der Waals surface area contributed by atoms with Gasteiger partial charge in [0.2, 0.25) is 5.75 Å². The Hall–Kier alpha value is -2.89. The highest BCUT2D eigenvalue weighted by atomic mass is 16.5. The predicted molar refractivity (Wildman–Crippen MR) is 76.5 cm³/mol. The molecule has 3 rings (SSSR count). The van der Waals surface area contributed by atoms with Crippen LogP contribution in [0.2, 0.25) is 0 Å². The van der Waals surface area contributed by atoms with Gasteiger partial charge in [0.05, 0.1) is 7.11 Å². The maximum absolute atomic E-state index is 12.2. The summed E-state index contributed by atoms with van der Waals surface area (Å²) in [5.74, 6) is -1.10. The maximum atomic E-state index is 12.2. The van der Waals surface area contributed by atoms with Crippen molar-refractivity contribution in [2.75, 3.05) is 7.11 Å². The highest BCUT2D eigenvalue weighted by Gasteiger charge is 2.33. The average Bonchev–Trinajstić information content (AvgIpc) is 2.53. The highest BCUT2D eigenvalue weighted by Crippen LogP contribution is 2.46. The first-order valence-corrected chi connectivity index (χ1v) is 6.61. The molecule has 114 valence electrons. The summed E-state index contributed by atoms with van der Waals surface area (Å²) < 4.78 is 10.7. The quantitative estimate of drug-likeness (QED) is 0.735. The second-order valence-corrected chi connectivity index (χ2v) is 4.98. The van der Waals surface area contributed by atoms with Crippen molar-refractivity contribution in [3.63, 3.8) is 0 Å². The first-order chi connectivity index (χ1) is 10.5. The van der Waals surface area contributed by atoms with Gasteiger partial charge in [0.1, 0.15) is 11.5 Å². The topological polar surface area (TPSA) is 96.2 Å². The summed E-state index contributed by atoms with van der Waals surface area (Å²) in [6.07, 6.45) is -0.923. The Morgan fingerprint density at radius 2 is 1.82 bits per heavy atom. The molecule has 0 aliphatic carbocycles. The van der Waals surface area contributed by atoms with Crippen molar-refractivity contribution >= 4 is 5.78 Å². The fraction of sp³-hybridized carbons (Fsp3) is 0.188. The number of ketones is 1. The lowest BCUT2D eigenvalue weighted by Crippen LogP contribution is -2.25. The summed E-state index contributed by atoms with van der Waals surface area (Å²) in [4.78, 5) is 12.2.